The van der Waals surface area contributed by atoms with E-state index in [-0.39, 0.29) is 11.9 Å². The van der Waals surface area contributed by atoms with Gasteiger partial charge in [0.1, 0.15) is 5.84 Å². The predicted octanol–water partition coefficient (Wildman–Crippen LogP) is 2.17. The number of fused-ring (bicyclic) bond motifs is 1. The summed E-state index contributed by atoms with van der Waals surface area (Å²) in [5.74, 6) is 0.667. The Labute approximate surface area is 177 Å². The molecule has 1 amide bonds. The van der Waals surface area contributed by atoms with Crippen LogP contribution in [0.1, 0.15) is 27.2 Å². The second-order valence-corrected chi connectivity index (χ2v) is 8.12. The number of piperazine rings is 1. The lowest BCUT2D eigenvalue weighted by molar-refractivity contribution is 0.0704. The molecule has 0 aliphatic carbocycles. The quantitative estimate of drug-likeness (QED) is 0.572. The standard InChI is InChI=1S/C23H30FN5O/c1-17-6-4-5-7-18(17)22(25-2)28-13-10-27(11-14-28)12-15-29-9-8-20-19(23(29)30)16-21(24)26(20)3/h4-7,16H,8-15H2,1-3H3. The predicted molar refractivity (Wildman–Crippen MR) is 117 cm³/mol. The third-order valence-electron chi connectivity index (χ3n) is 6.39. The third-order valence-corrected chi connectivity index (χ3v) is 6.39. The minimum atomic E-state index is -0.339. The maximum Gasteiger partial charge on any atom is 0.255 e. The van der Waals surface area contributed by atoms with Crippen LogP contribution in [-0.4, -0.2) is 83.9 Å². The first-order valence-electron chi connectivity index (χ1n) is 10.6. The van der Waals surface area contributed by atoms with Crippen LogP contribution >= 0.6 is 0 Å². The summed E-state index contributed by atoms with van der Waals surface area (Å²) in [4.78, 5) is 23.9. The number of aliphatic imine (C=N–C) groups is 1. The van der Waals surface area contributed by atoms with Gasteiger partial charge >= 0.3 is 0 Å². The molecule has 2 aliphatic rings. The molecule has 0 radical (unpaired) electrons. The normalized spacial score (nSPS) is 18.1. The van der Waals surface area contributed by atoms with Gasteiger partial charge in [-0.25, -0.2) is 0 Å². The highest BCUT2D eigenvalue weighted by Gasteiger charge is 2.29. The number of nitrogens with zero attached hydrogens (tertiary/aromatic N) is 5. The van der Waals surface area contributed by atoms with E-state index in [1.165, 1.54) is 21.8 Å². The number of hydrogen-bond donors (Lipinski definition) is 0. The van der Waals surface area contributed by atoms with E-state index in [9.17, 15) is 9.18 Å². The number of hydrogen-bond acceptors (Lipinski definition) is 3. The first kappa shape index (κ1) is 20.6. The number of aromatic nitrogens is 1. The molecule has 7 heteroatoms. The van der Waals surface area contributed by atoms with Crippen LogP contribution in [0, 0.1) is 12.9 Å². The van der Waals surface area contributed by atoms with Crippen LogP contribution in [0.4, 0.5) is 4.39 Å². The van der Waals surface area contributed by atoms with Crippen LogP contribution in [0.15, 0.2) is 35.3 Å². The van der Waals surface area contributed by atoms with Crippen molar-refractivity contribution in [2.45, 2.75) is 13.3 Å². The van der Waals surface area contributed by atoms with Crippen molar-refractivity contribution >= 4 is 11.7 Å². The van der Waals surface area contributed by atoms with Gasteiger partial charge in [0, 0.05) is 83.7 Å². The lowest BCUT2D eigenvalue weighted by atomic mass is 10.1. The minimum Gasteiger partial charge on any atom is -0.354 e. The van der Waals surface area contributed by atoms with Gasteiger partial charge in [0.2, 0.25) is 0 Å². The van der Waals surface area contributed by atoms with Crippen molar-refractivity contribution in [2.75, 3.05) is 52.9 Å². The molecule has 0 N–H and O–H groups in total. The number of amides is 1. The first-order chi connectivity index (χ1) is 14.5. The second kappa shape index (κ2) is 8.60. The van der Waals surface area contributed by atoms with E-state index in [0.29, 0.717) is 25.1 Å². The van der Waals surface area contributed by atoms with Gasteiger partial charge in [0.05, 0.1) is 5.56 Å². The summed E-state index contributed by atoms with van der Waals surface area (Å²) in [6, 6.07) is 9.74. The molecule has 1 saturated heterocycles. The topological polar surface area (TPSA) is 44.1 Å². The number of carbonyl (C=O) groups is 1. The average molecular weight is 412 g/mol. The molecule has 0 unspecified atom stereocenters. The summed E-state index contributed by atoms with van der Waals surface area (Å²) in [5.41, 5.74) is 3.76. The van der Waals surface area contributed by atoms with Crippen molar-refractivity contribution in [1.29, 1.82) is 0 Å². The fourth-order valence-corrected chi connectivity index (χ4v) is 4.52. The molecule has 3 heterocycles. The van der Waals surface area contributed by atoms with Crippen molar-refractivity contribution in [3.8, 4) is 0 Å². The molecule has 4 rings (SSSR count). The molecule has 6 nitrogen and oxygen atoms in total. The zero-order valence-corrected chi connectivity index (χ0v) is 18.1. The third kappa shape index (κ3) is 3.86. The Kier molecular flexibility index (Phi) is 5.90. The Morgan fingerprint density at radius 2 is 1.83 bits per heavy atom. The van der Waals surface area contributed by atoms with Crippen LogP contribution in [-0.2, 0) is 13.5 Å². The highest BCUT2D eigenvalue weighted by Crippen LogP contribution is 2.22. The molecule has 0 spiro atoms. The van der Waals surface area contributed by atoms with Crippen molar-refractivity contribution < 1.29 is 9.18 Å². The number of benzene rings is 1. The molecule has 160 valence electrons. The molecule has 1 aromatic heterocycles. The van der Waals surface area contributed by atoms with E-state index in [2.05, 4.69) is 46.0 Å². The van der Waals surface area contributed by atoms with Crippen LogP contribution in [0.2, 0.25) is 0 Å². The Morgan fingerprint density at radius 3 is 2.53 bits per heavy atom. The number of halogens is 1. The number of aryl methyl sites for hydroxylation is 1. The molecular formula is C23H30FN5O. The van der Waals surface area contributed by atoms with Gasteiger partial charge < -0.3 is 14.4 Å². The Hall–Kier alpha value is -2.67. The summed E-state index contributed by atoms with van der Waals surface area (Å²) >= 11 is 0. The van der Waals surface area contributed by atoms with Crippen molar-refractivity contribution in [3.63, 3.8) is 0 Å². The van der Waals surface area contributed by atoms with Gasteiger partial charge in [-0.05, 0) is 12.5 Å². The van der Waals surface area contributed by atoms with Gasteiger partial charge in [-0.1, -0.05) is 24.3 Å². The van der Waals surface area contributed by atoms with Crippen molar-refractivity contribution in [3.05, 3.63) is 58.7 Å². The average Bonchev–Trinajstić information content (AvgIpc) is 3.05. The summed E-state index contributed by atoms with van der Waals surface area (Å²) in [7, 11) is 3.54. The van der Waals surface area contributed by atoms with Gasteiger partial charge in [0.15, 0.2) is 5.95 Å². The summed E-state index contributed by atoms with van der Waals surface area (Å²) in [6.45, 7) is 8.02. The number of carbonyl (C=O) groups excluding carboxylic acids is 1. The molecule has 2 aliphatic heterocycles. The summed E-state index contributed by atoms with van der Waals surface area (Å²) in [6.07, 6.45) is 0.710. The first-order valence-corrected chi connectivity index (χ1v) is 10.6. The molecule has 0 atom stereocenters. The van der Waals surface area contributed by atoms with E-state index >= 15 is 0 Å². The number of amidine groups is 1. The van der Waals surface area contributed by atoms with Crippen LogP contribution in [0.3, 0.4) is 0 Å². The van der Waals surface area contributed by atoms with Gasteiger partial charge in [-0.15, -0.1) is 0 Å². The van der Waals surface area contributed by atoms with E-state index < -0.39 is 0 Å². The molecule has 1 aromatic carbocycles. The zero-order chi connectivity index (χ0) is 21.3. The zero-order valence-electron chi connectivity index (χ0n) is 18.1. The lowest BCUT2D eigenvalue weighted by Crippen LogP contribution is -2.51. The second-order valence-electron chi connectivity index (χ2n) is 8.12. The molecule has 0 bridgehead atoms. The maximum atomic E-state index is 13.8. The minimum absolute atomic E-state index is 0.0469. The van der Waals surface area contributed by atoms with Crippen LogP contribution in [0.25, 0.3) is 0 Å². The van der Waals surface area contributed by atoms with Gasteiger partial charge in [0.25, 0.3) is 5.91 Å². The Balaban J connectivity index is 1.31. The maximum absolute atomic E-state index is 13.8. The highest BCUT2D eigenvalue weighted by molar-refractivity contribution is 6.00. The summed E-state index contributed by atoms with van der Waals surface area (Å²) < 4.78 is 15.3. The molecule has 1 fully saturated rings. The van der Waals surface area contributed by atoms with Crippen LogP contribution < -0.4 is 0 Å². The van der Waals surface area contributed by atoms with Crippen molar-refractivity contribution in [2.24, 2.45) is 12.0 Å². The molecule has 30 heavy (non-hydrogen) atoms. The van der Waals surface area contributed by atoms with Crippen molar-refractivity contribution in [1.82, 2.24) is 19.3 Å². The van der Waals surface area contributed by atoms with E-state index in [0.717, 1.165) is 44.3 Å². The fraction of sp³-hybridized carbons (Fsp3) is 0.478. The number of rotatable bonds is 4. The molecule has 0 saturated carbocycles. The monoisotopic (exact) mass is 411 g/mol. The van der Waals surface area contributed by atoms with E-state index in [1.54, 1.807) is 7.05 Å². The lowest BCUT2D eigenvalue weighted by Gasteiger charge is -2.38. The van der Waals surface area contributed by atoms with E-state index in [4.69, 9.17) is 0 Å². The van der Waals surface area contributed by atoms with E-state index in [1.807, 2.05) is 11.9 Å². The largest absolute Gasteiger partial charge is 0.354 e. The molecular weight excluding hydrogens is 381 g/mol. The fourth-order valence-electron chi connectivity index (χ4n) is 4.52. The van der Waals surface area contributed by atoms with Gasteiger partial charge in [-0.3, -0.25) is 14.7 Å². The highest BCUT2D eigenvalue weighted by atomic mass is 19.1. The van der Waals surface area contributed by atoms with Gasteiger partial charge in [-0.2, -0.15) is 4.39 Å². The summed E-state index contributed by atoms with van der Waals surface area (Å²) in [5, 5.41) is 0. The molecule has 2 aromatic rings. The SMILES string of the molecule is CN=C(c1ccccc1C)N1CCN(CCN2CCc3c(cc(F)n3C)C2=O)CC1. The Bertz CT molecular complexity index is 958. The Morgan fingerprint density at radius 1 is 1.10 bits per heavy atom. The smallest absolute Gasteiger partial charge is 0.255 e. The van der Waals surface area contributed by atoms with Crippen LogP contribution in [0.5, 0.6) is 0 Å².